The Labute approximate surface area is 129 Å². The highest BCUT2D eigenvalue weighted by Crippen LogP contribution is 2.33. The molecule has 0 spiro atoms. The molecule has 0 aliphatic carbocycles. The summed E-state index contributed by atoms with van der Waals surface area (Å²) in [4.78, 5) is 10.1. The zero-order valence-corrected chi connectivity index (χ0v) is 12.8. The number of rotatable bonds is 5. The maximum atomic E-state index is 11.9. The third-order valence-electron chi connectivity index (χ3n) is 2.60. The van der Waals surface area contributed by atoms with Crippen molar-refractivity contribution in [2.24, 2.45) is 4.40 Å². The van der Waals surface area contributed by atoms with Crippen molar-refractivity contribution in [2.75, 3.05) is 7.11 Å². The van der Waals surface area contributed by atoms with Crippen molar-refractivity contribution in [1.82, 2.24) is 0 Å². The zero-order valence-electron chi connectivity index (χ0n) is 11.2. The Bertz CT molecular complexity index is 828. The van der Waals surface area contributed by atoms with Crippen LogP contribution in [0.25, 0.3) is 0 Å². The molecule has 0 unspecified atom stereocenters. The number of thiophene rings is 1. The Morgan fingerprint density at radius 2 is 2.18 bits per heavy atom. The van der Waals surface area contributed by atoms with Crippen LogP contribution in [-0.2, 0) is 10.0 Å². The lowest BCUT2D eigenvalue weighted by atomic mass is 10.2. The van der Waals surface area contributed by atoms with E-state index < -0.39 is 20.7 Å². The van der Waals surface area contributed by atoms with Crippen molar-refractivity contribution in [1.29, 1.82) is 0 Å². The van der Waals surface area contributed by atoms with Crippen LogP contribution in [0.3, 0.4) is 0 Å². The van der Waals surface area contributed by atoms with E-state index in [1.807, 2.05) is 0 Å². The number of non-ortho nitro benzene ring substituents is 1. The summed E-state index contributed by atoms with van der Waals surface area (Å²) in [6.07, 6.45) is 0.847. The van der Waals surface area contributed by atoms with E-state index >= 15 is 0 Å². The quantitative estimate of drug-likeness (QED) is 0.505. The number of ether oxygens (including phenoxy) is 1. The second kappa shape index (κ2) is 6.12. The SMILES string of the molecule is COc1cc([N+](=O)[O-])cc(/C=N\S(=O)(=O)c2cccs2)c1O. The van der Waals surface area contributed by atoms with E-state index in [1.165, 1.54) is 13.2 Å². The summed E-state index contributed by atoms with van der Waals surface area (Å²) < 4.78 is 32.1. The number of hydrogen-bond acceptors (Lipinski definition) is 7. The van der Waals surface area contributed by atoms with Gasteiger partial charge in [-0.15, -0.1) is 11.3 Å². The Balaban J connectivity index is 2.47. The second-order valence-electron chi connectivity index (χ2n) is 3.98. The number of methoxy groups -OCH3 is 1. The average molecular weight is 342 g/mol. The molecule has 1 aromatic heterocycles. The number of sulfonamides is 1. The summed E-state index contributed by atoms with van der Waals surface area (Å²) in [6, 6.07) is 4.97. The highest BCUT2D eigenvalue weighted by atomic mass is 32.2. The molecule has 1 N–H and O–H groups in total. The predicted octanol–water partition coefficient (Wildman–Crippen LogP) is 2.18. The molecule has 0 atom stereocenters. The molecule has 8 nitrogen and oxygen atoms in total. The topological polar surface area (TPSA) is 119 Å². The first-order valence-electron chi connectivity index (χ1n) is 5.74. The molecule has 10 heteroatoms. The minimum atomic E-state index is -3.92. The number of nitro groups is 1. The molecule has 0 aliphatic rings. The highest BCUT2D eigenvalue weighted by Gasteiger charge is 2.17. The molecular formula is C12H10N2O6S2. The number of hydrogen-bond donors (Lipinski definition) is 1. The van der Waals surface area contributed by atoms with Gasteiger partial charge in [-0.25, -0.2) is 0 Å². The third-order valence-corrected chi connectivity index (χ3v) is 5.21. The molecule has 0 fully saturated rings. The van der Waals surface area contributed by atoms with Gasteiger partial charge in [0.15, 0.2) is 11.5 Å². The Kier molecular flexibility index (Phi) is 4.43. The molecule has 0 saturated carbocycles. The molecule has 0 saturated heterocycles. The molecule has 1 heterocycles. The standard InChI is InChI=1S/C12H10N2O6S2/c1-20-10-6-9(14(16)17)5-8(12(10)15)7-13-22(18,19)11-3-2-4-21-11/h2-7,15H,1H3/b13-7-. The zero-order chi connectivity index (χ0) is 16.3. The molecule has 1 aromatic carbocycles. The van der Waals surface area contributed by atoms with Crippen molar-refractivity contribution in [3.63, 3.8) is 0 Å². The van der Waals surface area contributed by atoms with Crippen LogP contribution >= 0.6 is 11.3 Å². The summed E-state index contributed by atoms with van der Waals surface area (Å²) >= 11 is 0.988. The molecule has 0 bridgehead atoms. The van der Waals surface area contributed by atoms with Gasteiger partial charge in [0.05, 0.1) is 24.3 Å². The van der Waals surface area contributed by atoms with Crippen molar-refractivity contribution in [3.05, 3.63) is 45.3 Å². The number of phenols is 1. The van der Waals surface area contributed by atoms with Crippen LogP contribution in [0.1, 0.15) is 5.56 Å². The lowest BCUT2D eigenvalue weighted by Gasteiger charge is -2.05. The van der Waals surface area contributed by atoms with E-state index in [0.29, 0.717) is 0 Å². The van der Waals surface area contributed by atoms with Gasteiger partial charge in [0.2, 0.25) is 0 Å². The fraction of sp³-hybridized carbons (Fsp3) is 0.0833. The lowest BCUT2D eigenvalue weighted by molar-refractivity contribution is -0.385. The largest absolute Gasteiger partial charge is 0.504 e. The molecule has 0 radical (unpaired) electrons. The Morgan fingerprint density at radius 1 is 1.45 bits per heavy atom. The van der Waals surface area contributed by atoms with Crippen LogP contribution in [0.4, 0.5) is 5.69 Å². The number of benzene rings is 1. The molecule has 2 rings (SSSR count). The predicted molar refractivity (Wildman–Crippen MR) is 80.4 cm³/mol. The highest BCUT2D eigenvalue weighted by molar-refractivity contribution is 7.92. The monoisotopic (exact) mass is 342 g/mol. The lowest BCUT2D eigenvalue weighted by Crippen LogP contribution is -1.97. The molecule has 0 amide bonds. The number of phenolic OH excluding ortho intramolecular Hbond substituents is 1. The van der Waals surface area contributed by atoms with Crippen LogP contribution in [0.2, 0.25) is 0 Å². The van der Waals surface area contributed by atoms with Crippen molar-refractivity contribution in [2.45, 2.75) is 4.21 Å². The van der Waals surface area contributed by atoms with Crippen LogP contribution in [0.5, 0.6) is 11.5 Å². The van der Waals surface area contributed by atoms with E-state index in [2.05, 4.69) is 4.40 Å². The fourth-order valence-corrected chi connectivity index (χ4v) is 3.40. The van der Waals surface area contributed by atoms with Gasteiger partial charge in [0.25, 0.3) is 15.7 Å². The van der Waals surface area contributed by atoms with Crippen molar-refractivity contribution < 1.29 is 23.2 Å². The average Bonchev–Trinajstić information content (AvgIpc) is 3.01. The van der Waals surface area contributed by atoms with Gasteiger partial charge in [0.1, 0.15) is 4.21 Å². The maximum Gasteiger partial charge on any atom is 0.291 e. The number of nitro benzene ring substituents is 1. The van der Waals surface area contributed by atoms with Crippen LogP contribution in [0, 0.1) is 10.1 Å². The summed E-state index contributed by atoms with van der Waals surface area (Å²) in [5.74, 6) is -0.581. The smallest absolute Gasteiger partial charge is 0.291 e. The second-order valence-corrected chi connectivity index (χ2v) is 6.79. The Morgan fingerprint density at radius 3 is 2.73 bits per heavy atom. The van der Waals surface area contributed by atoms with E-state index in [9.17, 15) is 23.6 Å². The third kappa shape index (κ3) is 3.23. The molecular weight excluding hydrogens is 332 g/mol. The summed E-state index contributed by atoms with van der Waals surface area (Å²) in [5, 5.41) is 22.3. The fourth-order valence-electron chi connectivity index (χ4n) is 1.56. The van der Waals surface area contributed by atoms with Crippen LogP contribution < -0.4 is 4.74 Å². The van der Waals surface area contributed by atoms with Crippen LogP contribution in [-0.4, -0.2) is 31.8 Å². The van der Waals surface area contributed by atoms with Gasteiger partial charge < -0.3 is 9.84 Å². The van der Waals surface area contributed by atoms with Crippen molar-refractivity contribution in [3.8, 4) is 11.5 Å². The first-order chi connectivity index (χ1) is 10.3. The van der Waals surface area contributed by atoms with Gasteiger partial charge in [-0.1, -0.05) is 6.07 Å². The van der Waals surface area contributed by atoms with E-state index in [-0.39, 0.29) is 21.2 Å². The number of aromatic hydroxyl groups is 1. The first-order valence-corrected chi connectivity index (χ1v) is 8.06. The minimum Gasteiger partial charge on any atom is -0.504 e. The molecule has 116 valence electrons. The van der Waals surface area contributed by atoms with E-state index in [4.69, 9.17) is 4.74 Å². The van der Waals surface area contributed by atoms with E-state index in [0.717, 1.165) is 29.7 Å². The van der Waals surface area contributed by atoms with Gasteiger partial charge in [-0.3, -0.25) is 10.1 Å². The summed E-state index contributed by atoms with van der Waals surface area (Å²) in [6.45, 7) is 0. The summed E-state index contributed by atoms with van der Waals surface area (Å²) in [5.41, 5.74) is -0.490. The molecule has 22 heavy (non-hydrogen) atoms. The van der Waals surface area contributed by atoms with Crippen molar-refractivity contribution >= 4 is 33.3 Å². The van der Waals surface area contributed by atoms with Crippen LogP contribution in [0.15, 0.2) is 38.3 Å². The van der Waals surface area contributed by atoms with Gasteiger partial charge in [0, 0.05) is 11.6 Å². The van der Waals surface area contributed by atoms with Gasteiger partial charge in [-0.05, 0) is 11.4 Å². The summed E-state index contributed by atoms with van der Waals surface area (Å²) in [7, 11) is -2.69. The Hall–Kier alpha value is -2.46. The van der Waals surface area contributed by atoms with E-state index in [1.54, 1.807) is 11.4 Å². The maximum absolute atomic E-state index is 11.9. The minimum absolute atomic E-state index is 0.0284. The van der Waals surface area contributed by atoms with Gasteiger partial charge in [-0.2, -0.15) is 12.8 Å². The first kappa shape index (κ1) is 15.9. The molecule has 0 aliphatic heterocycles. The molecule has 2 aromatic rings. The normalized spacial score (nSPS) is 11.7. The number of nitrogens with zero attached hydrogens (tertiary/aromatic N) is 2. The van der Waals surface area contributed by atoms with Gasteiger partial charge >= 0.3 is 0 Å².